The standard InChI is InChI=1S/C21H25N3O2S2/c1-13-5-6-14-11-27-18-8-7-15(10-17(18)23-16(14)9-13)21(4)12-28(25,26)20(2,3)19(22)24-21/h5-10,23H,11-12H2,1-4H3,(H2,22,24)/t21-/m0/s1. The number of nitrogens with one attached hydrogen (secondary N) is 3. The Labute approximate surface area is 170 Å². The molecule has 0 aliphatic carbocycles. The molecule has 2 heterocycles. The van der Waals surface area contributed by atoms with Crippen LogP contribution >= 0.6 is 11.8 Å². The lowest BCUT2D eigenvalue weighted by atomic mass is 9.92. The van der Waals surface area contributed by atoms with Gasteiger partial charge in [-0.1, -0.05) is 18.2 Å². The molecule has 0 amide bonds. The lowest BCUT2D eigenvalue weighted by molar-refractivity contribution is 0.442. The van der Waals surface area contributed by atoms with Crippen LogP contribution in [0.15, 0.2) is 41.3 Å². The number of benzene rings is 2. The van der Waals surface area contributed by atoms with Crippen LogP contribution in [0.5, 0.6) is 0 Å². The fourth-order valence-electron chi connectivity index (χ4n) is 3.66. The van der Waals surface area contributed by atoms with E-state index >= 15 is 0 Å². The van der Waals surface area contributed by atoms with Crippen LogP contribution in [0, 0.1) is 12.3 Å². The summed E-state index contributed by atoms with van der Waals surface area (Å²) in [6, 6.07) is 12.5. The van der Waals surface area contributed by atoms with Crippen molar-refractivity contribution in [2.24, 2.45) is 0 Å². The fourth-order valence-corrected chi connectivity index (χ4v) is 6.38. The highest BCUT2D eigenvalue weighted by molar-refractivity contribution is 7.98. The van der Waals surface area contributed by atoms with E-state index < -0.39 is 20.1 Å². The van der Waals surface area contributed by atoms with Gasteiger partial charge in [-0.25, -0.2) is 8.42 Å². The molecule has 0 saturated carbocycles. The summed E-state index contributed by atoms with van der Waals surface area (Å²) in [5.41, 5.74) is 4.53. The topological polar surface area (TPSA) is 82.1 Å². The molecule has 7 heteroatoms. The van der Waals surface area contributed by atoms with Crippen LogP contribution in [-0.4, -0.2) is 24.8 Å². The monoisotopic (exact) mass is 415 g/mol. The zero-order valence-electron chi connectivity index (χ0n) is 16.5. The van der Waals surface area contributed by atoms with E-state index in [0.29, 0.717) is 0 Å². The summed E-state index contributed by atoms with van der Waals surface area (Å²) in [7, 11) is -3.46. The van der Waals surface area contributed by atoms with Gasteiger partial charge in [0, 0.05) is 16.3 Å². The van der Waals surface area contributed by atoms with Gasteiger partial charge in [-0.3, -0.25) is 5.41 Å². The van der Waals surface area contributed by atoms with Crippen LogP contribution in [0.2, 0.25) is 0 Å². The van der Waals surface area contributed by atoms with Crippen molar-refractivity contribution in [1.29, 1.82) is 5.41 Å². The largest absolute Gasteiger partial charge is 0.362 e. The van der Waals surface area contributed by atoms with Crippen molar-refractivity contribution in [3.8, 4) is 0 Å². The van der Waals surface area contributed by atoms with E-state index in [2.05, 4.69) is 35.8 Å². The Kier molecular flexibility index (Phi) is 4.32. The highest BCUT2D eigenvalue weighted by Crippen LogP contribution is 2.41. The second-order valence-corrected chi connectivity index (χ2v) is 11.9. The minimum atomic E-state index is -3.46. The van der Waals surface area contributed by atoms with Crippen molar-refractivity contribution in [2.75, 3.05) is 11.1 Å². The molecule has 1 atom stereocenters. The van der Waals surface area contributed by atoms with E-state index in [-0.39, 0.29) is 11.6 Å². The highest BCUT2D eigenvalue weighted by atomic mass is 32.2. The van der Waals surface area contributed by atoms with Crippen molar-refractivity contribution in [3.05, 3.63) is 53.1 Å². The molecule has 0 unspecified atom stereocenters. The minimum Gasteiger partial charge on any atom is -0.362 e. The Hall–Kier alpha value is -1.99. The van der Waals surface area contributed by atoms with Gasteiger partial charge in [0.25, 0.3) is 0 Å². The third-order valence-corrected chi connectivity index (χ3v) is 9.63. The van der Waals surface area contributed by atoms with Gasteiger partial charge in [-0.2, -0.15) is 0 Å². The number of anilines is 2. The van der Waals surface area contributed by atoms with Crippen molar-refractivity contribution < 1.29 is 8.42 Å². The summed E-state index contributed by atoms with van der Waals surface area (Å²) in [5.74, 6) is 0.883. The molecular weight excluding hydrogens is 390 g/mol. The number of hydrogen-bond acceptors (Lipinski definition) is 5. The quantitative estimate of drug-likeness (QED) is 0.646. The molecular formula is C21H25N3O2S2. The molecule has 0 radical (unpaired) electrons. The third-order valence-electron chi connectivity index (χ3n) is 5.79. The predicted molar refractivity (Wildman–Crippen MR) is 117 cm³/mol. The number of amidine groups is 1. The first-order chi connectivity index (χ1) is 13.0. The lowest BCUT2D eigenvalue weighted by Gasteiger charge is -2.43. The molecule has 0 spiro atoms. The fraction of sp³-hybridized carbons (Fsp3) is 0.381. The van der Waals surface area contributed by atoms with Crippen LogP contribution in [0.3, 0.4) is 0 Å². The van der Waals surface area contributed by atoms with Gasteiger partial charge >= 0.3 is 0 Å². The predicted octanol–water partition coefficient (Wildman–Crippen LogP) is 4.33. The summed E-state index contributed by atoms with van der Waals surface area (Å²) in [6.07, 6.45) is 0. The van der Waals surface area contributed by atoms with E-state index in [1.807, 2.05) is 25.1 Å². The molecule has 148 valence electrons. The Balaban J connectivity index is 1.75. The second-order valence-electron chi connectivity index (χ2n) is 8.39. The Morgan fingerprint density at radius 2 is 1.82 bits per heavy atom. The molecule has 1 saturated heterocycles. The number of rotatable bonds is 1. The smallest absolute Gasteiger partial charge is 0.165 e. The average molecular weight is 416 g/mol. The third kappa shape index (κ3) is 3.01. The van der Waals surface area contributed by atoms with Crippen molar-refractivity contribution in [1.82, 2.24) is 5.32 Å². The van der Waals surface area contributed by atoms with E-state index in [1.165, 1.54) is 11.1 Å². The van der Waals surface area contributed by atoms with Gasteiger partial charge in [-0.05, 0) is 62.6 Å². The highest BCUT2D eigenvalue weighted by Gasteiger charge is 2.50. The van der Waals surface area contributed by atoms with Gasteiger partial charge in [0.15, 0.2) is 9.84 Å². The first-order valence-electron chi connectivity index (χ1n) is 9.25. The van der Waals surface area contributed by atoms with Gasteiger partial charge in [0.05, 0.1) is 17.0 Å². The van der Waals surface area contributed by atoms with E-state index in [1.54, 1.807) is 25.6 Å². The van der Waals surface area contributed by atoms with Crippen molar-refractivity contribution >= 4 is 38.8 Å². The maximum Gasteiger partial charge on any atom is 0.165 e. The molecule has 5 nitrogen and oxygen atoms in total. The molecule has 3 N–H and O–H groups in total. The lowest BCUT2D eigenvalue weighted by Crippen LogP contribution is -2.63. The van der Waals surface area contributed by atoms with E-state index in [4.69, 9.17) is 5.41 Å². The maximum atomic E-state index is 12.8. The molecule has 2 aliphatic heterocycles. The average Bonchev–Trinajstić information content (AvgIpc) is 2.77. The molecule has 28 heavy (non-hydrogen) atoms. The second kappa shape index (κ2) is 6.26. The minimum absolute atomic E-state index is 0.0412. The van der Waals surface area contributed by atoms with Gasteiger partial charge < -0.3 is 10.6 Å². The molecule has 1 fully saturated rings. The summed E-state index contributed by atoms with van der Waals surface area (Å²) < 4.78 is 24.5. The number of hydrogen-bond donors (Lipinski definition) is 3. The molecule has 2 aromatic carbocycles. The van der Waals surface area contributed by atoms with Crippen LogP contribution in [-0.2, 0) is 21.1 Å². The van der Waals surface area contributed by atoms with Crippen LogP contribution in [0.25, 0.3) is 0 Å². The number of aryl methyl sites for hydroxylation is 1. The van der Waals surface area contributed by atoms with Crippen molar-refractivity contribution in [3.63, 3.8) is 0 Å². The van der Waals surface area contributed by atoms with Crippen LogP contribution < -0.4 is 10.6 Å². The first kappa shape index (κ1) is 19.3. The summed E-state index contributed by atoms with van der Waals surface area (Å²) >= 11 is 1.77. The summed E-state index contributed by atoms with van der Waals surface area (Å²) in [6.45, 7) is 7.11. The van der Waals surface area contributed by atoms with Gasteiger partial charge in [0.2, 0.25) is 0 Å². The summed E-state index contributed by atoms with van der Waals surface area (Å²) in [4.78, 5) is 1.13. The zero-order chi connectivity index (χ0) is 20.3. The number of sulfone groups is 1. The Morgan fingerprint density at radius 1 is 1.07 bits per heavy atom. The van der Waals surface area contributed by atoms with Crippen LogP contribution in [0.1, 0.15) is 37.5 Å². The number of thioether (sulfide) groups is 1. The molecule has 2 aliphatic rings. The van der Waals surface area contributed by atoms with E-state index in [9.17, 15) is 8.42 Å². The van der Waals surface area contributed by atoms with Gasteiger partial charge in [-0.15, -0.1) is 11.8 Å². The molecule has 0 aromatic heterocycles. The zero-order valence-corrected chi connectivity index (χ0v) is 18.1. The normalized spacial score (nSPS) is 24.9. The van der Waals surface area contributed by atoms with Crippen molar-refractivity contribution in [2.45, 2.75) is 48.6 Å². The Morgan fingerprint density at radius 3 is 2.54 bits per heavy atom. The maximum absolute atomic E-state index is 12.8. The molecule has 2 aromatic rings. The van der Waals surface area contributed by atoms with E-state index in [0.717, 1.165) is 27.6 Å². The Bertz CT molecular complexity index is 1090. The first-order valence-corrected chi connectivity index (χ1v) is 11.9. The van der Waals surface area contributed by atoms with Crippen LogP contribution in [0.4, 0.5) is 11.4 Å². The molecule has 4 rings (SSSR count). The summed E-state index contributed by atoms with van der Waals surface area (Å²) in [5, 5.41) is 15.0. The van der Waals surface area contributed by atoms with Gasteiger partial charge in [0.1, 0.15) is 10.6 Å². The molecule has 0 bridgehead atoms. The SMILES string of the molecule is Cc1ccc2c(c1)Nc1cc([C@]3(C)CS(=O)(=O)C(C)(C)C(=N)N3)ccc1SC2. The number of fused-ring (bicyclic) bond motifs is 2.